The van der Waals surface area contributed by atoms with Crippen molar-refractivity contribution < 1.29 is 17.6 Å². The van der Waals surface area contributed by atoms with Crippen molar-refractivity contribution >= 4 is 0 Å². The van der Waals surface area contributed by atoms with Gasteiger partial charge in [-0.3, -0.25) is 0 Å². The van der Waals surface area contributed by atoms with E-state index in [1.54, 1.807) is 0 Å². The monoisotopic (exact) mass is 338 g/mol. The molecule has 2 heterocycles. The van der Waals surface area contributed by atoms with Crippen molar-refractivity contribution in [3.8, 4) is 11.4 Å². The van der Waals surface area contributed by atoms with Crippen LogP contribution in [0.4, 0.5) is 13.2 Å². The van der Waals surface area contributed by atoms with Crippen molar-refractivity contribution in [1.29, 1.82) is 0 Å². The highest BCUT2D eigenvalue weighted by Gasteiger charge is 2.30. The van der Waals surface area contributed by atoms with Crippen LogP contribution in [0.5, 0.6) is 0 Å². The number of nitrogens with zero attached hydrogens (tertiary/aromatic N) is 6. The molecule has 126 valence electrons. The van der Waals surface area contributed by atoms with Crippen molar-refractivity contribution in [1.82, 2.24) is 30.4 Å². The van der Waals surface area contributed by atoms with Crippen LogP contribution in [0.1, 0.15) is 37.1 Å². The van der Waals surface area contributed by atoms with E-state index in [2.05, 4.69) is 25.6 Å². The number of tetrazole rings is 1. The topological polar surface area (TPSA) is 82.5 Å². The van der Waals surface area contributed by atoms with Crippen LogP contribution >= 0.6 is 0 Å². The third-order valence-electron chi connectivity index (χ3n) is 3.15. The SMILES string of the molecule is CC(C)c1nnc(Cn2nnc(-c3cccc(C(F)(F)F)c3)n2)o1. The van der Waals surface area contributed by atoms with Crippen LogP contribution in [0.2, 0.25) is 0 Å². The maximum absolute atomic E-state index is 12.8. The zero-order chi connectivity index (χ0) is 17.3. The van der Waals surface area contributed by atoms with Gasteiger partial charge in [0, 0.05) is 11.5 Å². The quantitative estimate of drug-likeness (QED) is 0.727. The third kappa shape index (κ3) is 3.42. The molecule has 0 aliphatic rings. The summed E-state index contributed by atoms with van der Waals surface area (Å²) < 4.78 is 43.7. The standard InChI is InChI=1S/C14H13F3N6O/c1-8(2)13-20-18-11(24-13)7-23-21-12(19-22-23)9-4-3-5-10(6-9)14(15,16)17/h3-6,8H,7H2,1-2H3. The maximum atomic E-state index is 12.8. The van der Waals surface area contributed by atoms with Gasteiger partial charge < -0.3 is 4.42 Å². The summed E-state index contributed by atoms with van der Waals surface area (Å²) in [5.41, 5.74) is -0.542. The van der Waals surface area contributed by atoms with Gasteiger partial charge in [0.25, 0.3) is 0 Å². The van der Waals surface area contributed by atoms with E-state index in [9.17, 15) is 13.2 Å². The van der Waals surface area contributed by atoms with Gasteiger partial charge in [-0.05, 0) is 17.3 Å². The maximum Gasteiger partial charge on any atom is 0.416 e. The summed E-state index contributed by atoms with van der Waals surface area (Å²) >= 11 is 0. The van der Waals surface area contributed by atoms with Gasteiger partial charge in [-0.2, -0.15) is 18.0 Å². The fourth-order valence-electron chi connectivity index (χ4n) is 1.95. The molecule has 0 N–H and O–H groups in total. The highest BCUT2D eigenvalue weighted by atomic mass is 19.4. The Hall–Kier alpha value is -2.78. The van der Waals surface area contributed by atoms with Crippen LogP contribution in [0, 0.1) is 0 Å². The first kappa shape index (κ1) is 16.1. The predicted octanol–water partition coefficient (Wildman–Crippen LogP) is 2.91. The molecule has 2 aromatic heterocycles. The van der Waals surface area contributed by atoms with Crippen molar-refractivity contribution in [2.24, 2.45) is 0 Å². The first-order valence-corrected chi connectivity index (χ1v) is 7.10. The molecule has 0 fully saturated rings. The van der Waals surface area contributed by atoms with E-state index >= 15 is 0 Å². The summed E-state index contributed by atoms with van der Waals surface area (Å²) in [4.78, 5) is 1.19. The first-order chi connectivity index (χ1) is 11.3. The number of hydrogen-bond donors (Lipinski definition) is 0. The van der Waals surface area contributed by atoms with Crippen LogP contribution < -0.4 is 0 Å². The molecule has 0 amide bonds. The Morgan fingerprint density at radius 3 is 2.62 bits per heavy atom. The van der Waals surface area contributed by atoms with Crippen molar-refractivity contribution in [3.63, 3.8) is 0 Å². The highest BCUT2D eigenvalue weighted by Crippen LogP contribution is 2.31. The van der Waals surface area contributed by atoms with Crippen molar-refractivity contribution in [3.05, 3.63) is 41.6 Å². The molecule has 10 heteroatoms. The van der Waals surface area contributed by atoms with Gasteiger partial charge >= 0.3 is 6.18 Å². The van der Waals surface area contributed by atoms with E-state index in [-0.39, 0.29) is 23.9 Å². The lowest BCUT2D eigenvalue weighted by Crippen LogP contribution is -2.05. The summed E-state index contributed by atoms with van der Waals surface area (Å²) in [6.45, 7) is 3.92. The zero-order valence-electron chi connectivity index (χ0n) is 12.8. The Balaban J connectivity index is 1.80. The van der Waals surface area contributed by atoms with Gasteiger partial charge in [0.15, 0.2) is 0 Å². The van der Waals surface area contributed by atoms with Gasteiger partial charge in [-0.1, -0.05) is 26.0 Å². The molecular formula is C14H13F3N6O. The van der Waals surface area contributed by atoms with Crippen LogP contribution in [0.15, 0.2) is 28.7 Å². The van der Waals surface area contributed by atoms with E-state index < -0.39 is 11.7 Å². The molecule has 3 rings (SSSR count). The molecule has 24 heavy (non-hydrogen) atoms. The second-order valence-electron chi connectivity index (χ2n) is 5.41. The average molecular weight is 338 g/mol. The average Bonchev–Trinajstić information content (AvgIpc) is 3.16. The lowest BCUT2D eigenvalue weighted by atomic mass is 10.1. The van der Waals surface area contributed by atoms with Gasteiger partial charge in [-0.25, -0.2) is 0 Å². The zero-order valence-corrected chi connectivity index (χ0v) is 12.8. The van der Waals surface area contributed by atoms with E-state index in [0.717, 1.165) is 12.1 Å². The number of halogens is 3. The minimum absolute atomic E-state index is 0.0877. The molecule has 0 saturated carbocycles. The number of benzene rings is 1. The molecule has 1 aromatic carbocycles. The highest BCUT2D eigenvalue weighted by molar-refractivity contribution is 5.55. The summed E-state index contributed by atoms with van der Waals surface area (Å²) in [5.74, 6) is 0.968. The molecule has 0 spiro atoms. The van der Waals surface area contributed by atoms with Gasteiger partial charge in [-0.15, -0.1) is 20.4 Å². The predicted molar refractivity (Wildman–Crippen MR) is 75.7 cm³/mol. The van der Waals surface area contributed by atoms with Gasteiger partial charge in [0.2, 0.25) is 17.6 Å². The minimum atomic E-state index is -4.43. The molecule has 0 radical (unpaired) electrons. The summed E-state index contributed by atoms with van der Waals surface area (Å²) in [5, 5.41) is 19.4. The van der Waals surface area contributed by atoms with E-state index in [1.807, 2.05) is 13.8 Å². The fraction of sp³-hybridized carbons (Fsp3) is 0.357. The number of alkyl halides is 3. The normalized spacial score (nSPS) is 12.1. The minimum Gasteiger partial charge on any atom is -0.423 e. The molecular weight excluding hydrogens is 325 g/mol. The second-order valence-corrected chi connectivity index (χ2v) is 5.41. The fourth-order valence-corrected chi connectivity index (χ4v) is 1.95. The van der Waals surface area contributed by atoms with Gasteiger partial charge in [0.05, 0.1) is 5.56 Å². The van der Waals surface area contributed by atoms with E-state index in [1.165, 1.54) is 16.9 Å². The number of rotatable bonds is 4. The lowest BCUT2D eigenvalue weighted by Gasteiger charge is -2.06. The van der Waals surface area contributed by atoms with Crippen LogP contribution in [0.25, 0.3) is 11.4 Å². The molecule has 0 saturated heterocycles. The smallest absolute Gasteiger partial charge is 0.416 e. The number of aromatic nitrogens is 6. The van der Waals surface area contributed by atoms with Gasteiger partial charge in [0.1, 0.15) is 6.54 Å². The summed E-state index contributed by atoms with van der Waals surface area (Å²) in [6.07, 6.45) is -4.43. The molecule has 0 aliphatic carbocycles. The Labute approximate surface area is 134 Å². The van der Waals surface area contributed by atoms with Crippen LogP contribution in [-0.4, -0.2) is 30.4 Å². The molecule has 0 aliphatic heterocycles. The number of hydrogen-bond acceptors (Lipinski definition) is 6. The largest absolute Gasteiger partial charge is 0.423 e. The molecule has 3 aromatic rings. The summed E-state index contributed by atoms with van der Waals surface area (Å²) in [7, 11) is 0. The lowest BCUT2D eigenvalue weighted by molar-refractivity contribution is -0.137. The Morgan fingerprint density at radius 2 is 1.96 bits per heavy atom. The second kappa shape index (κ2) is 6.02. The van der Waals surface area contributed by atoms with E-state index in [0.29, 0.717) is 11.8 Å². The Bertz CT molecular complexity index is 839. The first-order valence-electron chi connectivity index (χ1n) is 7.10. The summed E-state index contributed by atoms with van der Waals surface area (Å²) in [6, 6.07) is 4.75. The van der Waals surface area contributed by atoms with E-state index in [4.69, 9.17) is 4.42 Å². The molecule has 0 bridgehead atoms. The van der Waals surface area contributed by atoms with Crippen LogP contribution in [-0.2, 0) is 12.7 Å². The Kier molecular flexibility index (Phi) is 4.04. The third-order valence-corrected chi connectivity index (χ3v) is 3.15. The van der Waals surface area contributed by atoms with Crippen molar-refractivity contribution in [2.75, 3.05) is 0 Å². The molecule has 7 nitrogen and oxygen atoms in total. The van der Waals surface area contributed by atoms with Crippen LogP contribution in [0.3, 0.4) is 0 Å². The molecule has 0 atom stereocenters. The Morgan fingerprint density at radius 1 is 1.17 bits per heavy atom. The molecule has 0 unspecified atom stereocenters. The van der Waals surface area contributed by atoms with Crippen molar-refractivity contribution in [2.45, 2.75) is 32.5 Å².